The van der Waals surface area contributed by atoms with Gasteiger partial charge >= 0.3 is 5.97 Å². The number of carbonyl (C=O) groups is 1. The highest BCUT2D eigenvalue weighted by atomic mass is 16.4. The number of aliphatic carboxylic acids is 1. The Kier molecular flexibility index (Phi) is 4.82. The number of hydrogen-bond donors (Lipinski definition) is 1. The van der Waals surface area contributed by atoms with Crippen LogP contribution in [-0.2, 0) is 4.79 Å². The minimum atomic E-state index is -0.672. The fraction of sp³-hybridized carbons (Fsp3) is 0.933. The molecular formula is C15H29NO2. The molecule has 0 bridgehead atoms. The van der Waals surface area contributed by atoms with Crippen molar-refractivity contribution < 1.29 is 9.90 Å². The summed E-state index contributed by atoms with van der Waals surface area (Å²) in [5.74, 6) is -0.672. The van der Waals surface area contributed by atoms with Crippen LogP contribution in [0.3, 0.4) is 0 Å². The molecule has 1 heterocycles. The summed E-state index contributed by atoms with van der Waals surface area (Å²) in [6.07, 6.45) is 3.65. The third kappa shape index (κ3) is 3.98. The van der Waals surface area contributed by atoms with Gasteiger partial charge in [0.05, 0.1) is 6.42 Å². The predicted octanol–water partition coefficient (Wildman–Crippen LogP) is 3.39. The molecule has 0 aliphatic carbocycles. The smallest absolute Gasteiger partial charge is 0.304 e. The van der Waals surface area contributed by atoms with Crippen molar-refractivity contribution in [3.05, 3.63) is 0 Å². The lowest BCUT2D eigenvalue weighted by atomic mass is 9.73. The molecule has 0 radical (unpaired) electrons. The number of carboxylic acids is 1. The van der Waals surface area contributed by atoms with Gasteiger partial charge < -0.3 is 5.11 Å². The van der Waals surface area contributed by atoms with E-state index in [0.717, 1.165) is 19.5 Å². The van der Waals surface area contributed by atoms with E-state index >= 15 is 0 Å². The van der Waals surface area contributed by atoms with E-state index in [2.05, 4.69) is 39.5 Å². The van der Waals surface area contributed by atoms with E-state index in [0.29, 0.717) is 5.41 Å². The summed E-state index contributed by atoms with van der Waals surface area (Å²) in [6, 6.07) is 0.203. The van der Waals surface area contributed by atoms with Crippen LogP contribution < -0.4 is 0 Å². The van der Waals surface area contributed by atoms with Crippen LogP contribution in [0.1, 0.15) is 60.3 Å². The Morgan fingerprint density at radius 3 is 2.11 bits per heavy atom. The highest BCUT2D eigenvalue weighted by molar-refractivity contribution is 5.67. The molecule has 1 atom stereocenters. The molecule has 0 saturated carbocycles. The number of likely N-dealkylation sites (tertiary alicyclic amines) is 1. The Bertz CT molecular complexity index is 281. The fourth-order valence-corrected chi connectivity index (χ4v) is 3.01. The fourth-order valence-electron chi connectivity index (χ4n) is 3.01. The molecule has 1 unspecified atom stereocenters. The first-order chi connectivity index (χ1) is 8.21. The molecule has 0 aromatic carbocycles. The van der Waals surface area contributed by atoms with E-state index < -0.39 is 5.97 Å². The molecule has 0 aromatic rings. The molecule has 1 aliphatic rings. The topological polar surface area (TPSA) is 40.5 Å². The zero-order chi connectivity index (χ0) is 14.0. The summed E-state index contributed by atoms with van der Waals surface area (Å²) in [5.41, 5.74) is 0.644. The van der Waals surface area contributed by atoms with Gasteiger partial charge in [-0.1, -0.05) is 34.6 Å². The molecule has 0 aromatic heterocycles. The Morgan fingerprint density at radius 2 is 1.78 bits per heavy atom. The predicted molar refractivity (Wildman–Crippen MR) is 74.7 cm³/mol. The summed E-state index contributed by atoms with van der Waals surface area (Å²) in [4.78, 5) is 13.4. The molecule has 3 nitrogen and oxygen atoms in total. The SMILES string of the molecule is CCC1(CC)CN(C(CC(=O)O)CC(C)(C)C)C1. The van der Waals surface area contributed by atoms with E-state index in [9.17, 15) is 4.79 Å². The summed E-state index contributed by atoms with van der Waals surface area (Å²) < 4.78 is 0. The first-order valence-electron chi connectivity index (χ1n) is 7.17. The standard InChI is InChI=1S/C15H29NO2/c1-6-15(7-2)10-16(11-15)12(8-13(17)18)9-14(3,4)5/h12H,6-11H2,1-5H3,(H,17,18). The quantitative estimate of drug-likeness (QED) is 0.791. The zero-order valence-electron chi connectivity index (χ0n) is 12.6. The van der Waals surface area contributed by atoms with Crippen LogP contribution in [0.5, 0.6) is 0 Å². The second-order valence-electron chi connectivity index (χ2n) is 7.13. The van der Waals surface area contributed by atoms with Gasteiger partial charge in [-0.25, -0.2) is 0 Å². The van der Waals surface area contributed by atoms with E-state index in [4.69, 9.17) is 5.11 Å². The summed E-state index contributed by atoms with van der Waals surface area (Å²) >= 11 is 0. The lowest BCUT2D eigenvalue weighted by molar-refractivity contribution is -0.141. The Balaban J connectivity index is 2.61. The summed E-state index contributed by atoms with van der Waals surface area (Å²) in [5, 5.41) is 9.07. The van der Waals surface area contributed by atoms with Crippen molar-refractivity contribution in [3.63, 3.8) is 0 Å². The lowest BCUT2D eigenvalue weighted by Gasteiger charge is -2.54. The van der Waals surface area contributed by atoms with E-state index in [1.54, 1.807) is 0 Å². The Morgan fingerprint density at radius 1 is 1.28 bits per heavy atom. The molecule has 1 aliphatic heterocycles. The molecule has 0 amide bonds. The first-order valence-corrected chi connectivity index (χ1v) is 7.17. The number of rotatable bonds is 6. The van der Waals surface area contributed by atoms with Crippen LogP contribution in [0.15, 0.2) is 0 Å². The average molecular weight is 255 g/mol. The van der Waals surface area contributed by atoms with Gasteiger partial charge in [0.2, 0.25) is 0 Å². The Hall–Kier alpha value is -0.570. The molecular weight excluding hydrogens is 226 g/mol. The van der Waals surface area contributed by atoms with Crippen molar-refractivity contribution in [3.8, 4) is 0 Å². The van der Waals surface area contributed by atoms with Gasteiger partial charge in [-0.05, 0) is 30.1 Å². The second-order valence-corrected chi connectivity index (χ2v) is 7.13. The van der Waals surface area contributed by atoms with Crippen molar-refractivity contribution in [2.45, 2.75) is 66.3 Å². The zero-order valence-corrected chi connectivity index (χ0v) is 12.6. The summed E-state index contributed by atoms with van der Waals surface area (Å²) in [6.45, 7) is 13.2. The van der Waals surface area contributed by atoms with Gasteiger partial charge in [0.15, 0.2) is 0 Å². The van der Waals surface area contributed by atoms with Crippen LogP contribution in [0, 0.1) is 10.8 Å². The van der Waals surface area contributed by atoms with Crippen molar-refractivity contribution >= 4 is 5.97 Å². The van der Waals surface area contributed by atoms with Crippen LogP contribution in [0.2, 0.25) is 0 Å². The van der Waals surface area contributed by atoms with Crippen LogP contribution >= 0.6 is 0 Å². The van der Waals surface area contributed by atoms with E-state index in [1.165, 1.54) is 12.8 Å². The molecule has 106 valence electrons. The minimum absolute atomic E-state index is 0.191. The normalized spacial score (nSPS) is 21.4. The maximum Gasteiger partial charge on any atom is 0.304 e. The molecule has 3 heteroatoms. The number of carboxylic acid groups (broad SMARTS) is 1. The van der Waals surface area contributed by atoms with Gasteiger partial charge in [0, 0.05) is 19.1 Å². The van der Waals surface area contributed by atoms with Gasteiger partial charge in [-0.2, -0.15) is 0 Å². The monoisotopic (exact) mass is 255 g/mol. The third-order valence-electron chi connectivity index (χ3n) is 4.35. The van der Waals surface area contributed by atoms with E-state index in [-0.39, 0.29) is 17.9 Å². The van der Waals surface area contributed by atoms with Gasteiger partial charge in [0.1, 0.15) is 0 Å². The molecule has 1 saturated heterocycles. The van der Waals surface area contributed by atoms with Crippen molar-refractivity contribution in [2.75, 3.05) is 13.1 Å². The maximum atomic E-state index is 11.0. The third-order valence-corrected chi connectivity index (χ3v) is 4.35. The largest absolute Gasteiger partial charge is 0.481 e. The van der Waals surface area contributed by atoms with Gasteiger partial charge in [0.25, 0.3) is 0 Å². The minimum Gasteiger partial charge on any atom is -0.481 e. The van der Waals surface area contributed by atoms with Crippen LogP contribution in [-0.4, -0.2) is 35.1 Å². The number of hydrogen-bond acceptors (Lipinski definition) is 2. The van der Waals surface area contributed by atoms with Crippen LogP contribution in [0.4, 0.5) is 0 Å². The van der Waals surface area contributed by atoms with E-state index in [1.807, 2.05) is 0 Å². The first kappa shape index (κ1) is 15.5. The Labute approximate surface area is 112 Å². The molecule has 0 spiro atoms. The summed E-state index contributed by atoms with van der Waals surface area (Å²) in [7, 11) is 0. The average Bonchev–Trinajstić information content (AvgIpc) is 2.13. The second kappa shape index (κ2) is 5.60. The van der Waals surface area contributed by atoms with Gasteiger partial charge in [-0.3, -0.25) is 9.69 Å². The maximum absolute atomic E-state index is 11.0. The van der Waals surface area contributed by atoms with Crippen LogP contribution in [0.25, 0.3) is 0 Å². The molecule has 18 heavy (non-hydrogen) atoms. The molecule has 1 rings (SSSR count). The molecule has 1 fully saturated rings. The lowest BCUT2D eigenvalue weighted by Crippen LogP contribution is -2.60. The molecule has 1 N–H and O–H groups in total. The van der Waals surface area contributed by atoms with Crippen molar-refractivity contribution in [1.82, 2.24) is 4.90 Å². The highest BCUT2D eigenvalue weighted by Gasteiger charge is 2.43. The van der Waals surface area contributed by atoms with Crippen molar-refractivity contribution in [2.24, 2.45) is 10.8 Å². The number of nitrogens with zero attached hydrogens (tertiary/aromatic N) is 1. The highest BCUT2D eigenvalue weighted by Crippen LogP contribution is 2.40. The van der Waals surface area contributed by atoms with Gasteiger partial charge in [-0.15, -0.1) is 0 Å². The van der Waals surface area contributed by atoms with Crippen molar-refractivity contribution in [1.29, 1.82) is 0 Å².